The summed E-state index contributed by atoms with van der Waals surface area (Å²) in [5.41, 5.74) is 1.43. The maximum atomic E-state index is 12.4. The van der Waals surface area contributed by atoms with Gasteiger partial charge in [-0.25, -0.2) is 0 Å². The minimum absolute atomic E-state index is 0.0316. The largest absolute Gasteiger partial charge is 0.311 e. The fourth-order valence-corrected chi connectivity index (χ4v) is 2.31. The van der Waals surface area contributed by atoms with Crippen LogP contribution in [-0.2, 0) is 6.54 Å². The Balaban J connectivity index is 2.10. The van der Waals surface area contributed by atoms with E-state index in [0.717, 1.165) is 10.9 Å². The van der Waals surface area contributed by atoms with Crippen LogP contribution >= 0.6 is 0 Å². The van der Waals surface area contributed by atoms with Gasteiger partial charge in [0.2, 0.25) is 0 Å². The molecule has 0 unspecified atom stereocenters. The Morgan fingerprint density at radius 2 is 1.75 bits per heavy atom. The van der Waals surface area contributed by atoms with Gasteiger partial charge in [-0.05, 0) is 29.1 Å². The summed E-state index contributed by atoms with van der Waals surface area (Å²) in [6, 6.07) is 18.9. The Morgan fingerprint density at radius 1 is 1.00 bits per heavy atom. The van der Waals surface area contributed by atoms with E-state index < -0.39 is 0 Å². The number of aromatic nitrogens is 1. The maximum absolute atomic E-state index is 12.4. The van der Waals surface area contributed by atoms with Crippen molar-refractivity contribution in [2.75, 3.05) is 0 Å². The topological polar surface area (TPSA) is 45.8 Å². The Labute approximate surface area is 116 Å². The summed E-state index contributed by atoms with van der Waals surface area (Å²) in [6.45, 7) is 0.410. The Bertz CT molecular complexity index is 872. The van der Waals surface area contributed by atoms with E-state index in [4.69, 9.17) is 5.26 Å². The Kier molecular flexibility index (Phi) is 3.06. The molecule has 3 heteroatoms. The SMILES string of the molecule is N#Cc1ccccc1Cn1ccc2ccccc2c1=O. The summed E-state index contributed by atoms with van der Waals surface area (Å²) in [7, 11) is 0. The van der Waals surface area contributed by atoms with Crippen LogP contribution in [0.3, 0.4) is 0 Å². The summed E-state index contributed by atoms with van der Waals surface area (Å²) >= 11 is 0. The van der Waals surface area contributed by atoms with Crippen molar-refractivity contribution in [3.05, 3.63) is 82.3 Å². The number of nitriles is 1. The smallest absolute Gasteiger partial charge is 0.258 e. The van der Waals surface area contributed by atoms with E-state index >= 15 is 0 Å². The number of fused-ring (bicyclic) bond motifs is 1. The van der Waals surface area contributed by atoms with E-state index in [1.165, 1.54) is 0 Å². The summed E-state index contributed by atoms with van der Waals surface area (Å²) < 4.78 is 1.64. The highest BCUT2D eigenvalue weighted by Gasteiger charge is 2.05. The van der Waals surface area contributed by atoms with Crippen LogP contribution in [0.2, 0.25) is 0 Å². The Hall–Kier alpha value is -2.86. The van der Waals surface area contributed by atoms with Gasteiger partial charge in [0, 0.05) is 11.6 Å². The lowest BCUT2D eigenvalue weighted by molar-refractivity contribution is 0.766. The van der Waals surface area contributed by atoms with Gasteiger partial charge in [-0.2, -0.15) is 5.26 Å². The van der Waals surface area contributed by atoms with Crippen molar-refractivity contribution in [1.82, 2.24) is 4.57 Å². The third-order valence-electron chi connectivity index (χ3n) is 3.36. The summed E-state index contributed by atoms with van der Waals surface area (Å²) in [5, 5.41) is 10.7. The van der Waals surface area contributed by atoms with E-state index in [9.17, 15) is 4.79 Å². The lowest BCUT2D eigenvalue weighted by Crippen LogP contribution is -2.20. The molecule has 0 saturated heterocycles. The van der Waals surface area contributed by atoms with Crippen molar-refractivity contribution in [1.29, 1.82) is 5.26 Å². The zero-order valence-electron chi connectivity index (χ0n) is 10.8. The highest BCUT2D eigenvalue weighted by Crippen LogP contribution is 2.11. The van der Waals surface area contributed by atoms with Crippen molar-refractivity contribution in [3.63, 3.8) is 0 Å². The van der Waals surface area contributed by atoms with Gasteiger partial charge in [0.25, 0.3) is 5.56 Å². The second kappa shape index (κ2) is 5.02. The highest BCUT2D eigenvalue weighted by molar-refractivity contribution is 5.81. The third-order valence-corrected chi connectivity index (χ3v) is 3.36. The van der Waals surface area contributed by atoms with Crippen molar-refractivity contribution in [2.24, 2.45) is 0 Å². The predicted molar refractivity (Wildman–Crippen MR) is 78.5 cm³/mol. The first-order valence-electron chi connectivity index (χ1n) is 6.36. The second-order valence-electron chi connectivity index (χ2n) is 4.60. The zero-order chi connectivity index (χ0) is 13.9. The maximum Gasteiger partial charge on any atom is 0.258 e. The van der Waals surface area contributed by atoms with Crippen LogP contribution in [0.1, 0.15) is 11.1 Å². The molecule has 0 atom stereocenters. The van der Waals surface area contributed by atoms with Crippen molar-refractivity contribution >= 4 is 10.8 Å². The molecule has 3 aromatic rings. The number of nitrogens with zero attached hydrogens (tertiary/aromatic N) is 2. The van der Waals surface area contributed by atoms with Crippen LogP contribution in [0.15, 0.2) is 65.6 Å². The molecule has 0 fully saturated rings. The summed E-state index contributed by atoms with van der Waals surface area (Å²) in [5.74, 6) is 0. The summed E-state index contributed by atoms with van der Waals surface area (Å²) in [6.07, 6.45) is 1.78. The lowest BCUT2D eigenvalue weighted by atomic mass is 10.1. The average Bonchev–Trinajstić information content (AvgIpc) is 2.51. The van der Waals surface area contributed by atoms with Crippen molar-refractivity contribution in [2.45, 2.75) is 6.54 Å². The number of hydrogen-bond acceptors (Lipinski definition) is 2. The first-order chi connectivity index (χ1) is 9.79. The van der Waals surface area contributed by atoms with E-state index in [1.54, 1.807) is 16.8 Å². The van der Waals surface area contributed by atoms with Gasteiger partial charge in [-0.3, -0.25) is 4.79 Å². The first-order valence-corrected chi connectivity index (χ1v) is 6.36. The Morgan fingerprint density at radius 3 is 2.60 bits per heavy atom. The van der Waals surface area contributed by atoms with Gasteiger partial charge in [0.05, 0.1) is 18.2 Å². The molecule has 0 radical (unpaired) electrons. The molecule has 0 bridgehead atoms. The number of pyridine rings is 1. The molecule has 0 spiro atoms. The van der Waals surface area contributed by atoms with Gasteiger partial charge in [-0.15, -0.1) is 0 Å². The highest BCUT2D eigenvalue weighted by atomic mass is 16.1. The molecule has 0 aliphatic carbocycles. The predicted octanol–water partition coefficient (Wildman–Crippen LogP) is 2.92. The number of rotatable bonds is 2. The van der Waals surface area contributed by atoms with E-state index in [0.29, 0.717) is 17.5 Å². The fraction of sp³-hybridized carbons (Fsp3) is 0.0588. The van der Waals surface area contributed by atoms with Gasteiger partial charge in [0.15, 0.2) is 0 Å². The monoisotopic (exact) mass is 260 g/mol. The molecule has 0 aliphatic heterocycles. The molecule has 96 valence electrons. The van der Waals surface area contributed by atoms with E-state index in [-0.39, 0.29) is 5.56 Å². The van der Waals surface area contributed by atoms with E-state index in [2.05, 4.69) is 6.07 Å². The normalized spacial score (nSPS) is 10.3. The number of benzene rings is 2. The molecular formula is C17H12N2O. The van der Waals surface area contributed by atoms with Crippen LogP contribution in [0.4, 0.5) is 0 Å². The van der Waals surface area contributed by atoms with E-state index in [1.807, 2.05) is 48.5 Å². The third kappa shape index (κ3) is 2.08. The molecular weight excluding hydrogens is 248 g/mol. The lowest BCUT2D eigenvalue weighted by Gasteiger charge is -2.08. The molecule has 0 saturated carbocycles. The second-order valence-corrected chi connectivity index (χ2v) is 4.60. The van der Waals surface area contributed by atoms with Crippen LogP contribution < -0.4 is 5.56 Å². The molecule has 2 aromatic carbocycles. The molecule has 1 aromatic heterocycles. The summed E-state index contributed by atoms with van der Waals surface area (Å²) in [4.78, 5) is 12.4. The zero-order valence-corrected chi connectivity index (χ0v) is 10.8. The molecule has 3 rings (SSSR count). The van der Waals surface area contributed by atoms with Crippen molar-refractivity contribution in [3.8, 4) is 6.07 Å². The molecule has 20 heavy (non-hydrogen) atoms. The molecule has 0 aliphatic rings. The van der Waals surface area contributed by atoms with Gasteiger partial charge < -0.3 is 4.57 Å². The first kappa shape index (κ1) is 12.2. The quantitative estimate of drug-likeness (QED) is 0.711. The van der Waals surface area contributed by atoms with Crippen LogP contribution in [0.5, 0.6) is 0 Å². The van der Waals surface area contributed by atoms with Crippen LogP contribution in [-0.4, -0.2) is 4.57 Å². The van der Waals surface area contributed by atoms with Gasteiger partial charge in [0.1, 0.15) is 0 Å². The minimum Gasteiger partial charge on any atom is -0.311 e. The van der Waals surface area contributed by atoms with Gasteiger partial charge in [-0.1, -0.05) is 36.4 Å². The van der Waals surface area contributed by atoms with Crippen LogP contribution in [0.25, 0.3) is 10.8 Å². The molecule has 0 N–H and O–H groups in total. The van der Waals surface area contributed by atoms with Gasteiger partial charge >= 0.3 is 0 Å². The fourth-order valence-electron chi connectivity index (χ4n) is 2.31. The molecule has 0 amide bonds. The number of hydrogen-bond donors (Lipinski definition) is 0. The van der Waals surface area contributed by atoms with Crippen molar-refractivity contribution < 1.29 is 0 Å². The molecule has 1 heterocycles. The van der Waals surface area contributed by atoms with Crippen LogP contribution in [0, 0.1) is 11.3 Å². The molecule has 3 nitrogen and oxygen atoms in total. The standard InChI is InChI=1S/C17H12N2O/c18-11-14-6-1-2-7-15(14)12-19-10-9-13-5-3-4-8-16(13)17(19)20/h1-10H,12H2. The minimum atomic E-state index is -0.0316. The average molecular weight is 260 g/mol.